The molecule has 0 bridgehead atoms. The molecule has 0 fully saturated rings. The molecule has 1 aromatic heterocycles. The van der Waals surface area contributed by atoms with Gasteiger partial charge in [0.25, 0.3) is 5.91 Å². The minimum atomic E-state index is -0.229. The van der Waals surface area contributed by atoms with Crippen molar-refractivity contribution < 1.29 is 9.59 Å². The molecular weight excluding hydrogens is 338 g/mol. The number of carbonyl (C=O) groups excluding carboxylic acids is 2. The quantitative estimate of drug-likeness (QED) is 0.738. The molecule has 0 unspecified atom stereocenters. The summed E-state index contributed by atoms with van der Waals surface area (Å²) in [6.07, 6.45) is 1.14. The smallest absolute Gasteiger partial charge is 0.252 e. The van der Waals surface area contributed by atoms with Crippen molar-refractivity contribution in [2.75, 3.05) is 6.54 Å². The molecule has 136 valence electrons. The number of nitrogens with zero attached hydrogens (tertiary/aromatic N) is 1. The van der Waals surface area contributed by atoms with Crippen LogP contribution in [0.1, 0.15) is 45.2 Å². The molecule has 2 aromatic carbocycles. The summed E-state index contributed by atoms with van der Waals surface area (Å²) in [6, 6.07) is 13.6. The maximum Gasteiger partial charge on any atom is 0.252 e. The van der Waals surface area contributed by atoms with Crippen LogP contribution in [0.2, 0.25) is 0 Å². The lowest BCUT2D eigenvalue weighted by Gasteiger charge is -2.28. The predicted octanol–water partition coefficient (Wildman–Crippen LogP) is 3.24. The SMILES string of the molecule is Cc1cccc2c3c([nH]c12)CCN(C(=O)C[C@H]1NC(=O)c2ccccc21)C3. The van der Waals surface area contributed by atoms with Gasteiger partial charge in [-0.25, -0.2) is 0 Å². The first-order valence-corrected chi connectivity index (χ1v) is 9.38. The van der Waals surface area contributed by atoms with Crippen molar-refractivity contribution in [1.29, 1.82) is 0 Å². The molecule has 0 aliphatic carbocycles. The number of aromatic nitrogens is 1. The molecule has 5 rings (SSSR count). The van der Waals surface area contributed by atoms with Gasteiger partial charge in [-0.05, 0) is 24.1 Å². The van der Waals surface area contributed by atoms with E-state index in [9.17, 15) is 9.59 Å². The second-order valence-corrected chi connectivity index (χ2v) is 7.46. The third-order valence-corrected chi connectivity index (χ3v) is 5.84. The number of benzene rings is 2. The summed E-state index contributed by atoms with van der Waals surface area (Å²) >= 11 is 0. The van der Waals surface area contributed by atoms with Crippen LogP contribution in [0.3, 0.4) is 0 Å². The molecule has 2 aliphatic rings. The second-order valence-electron chi connectivity index (χ2n) is 7.46. The number of para-hydroxylation sites is 1. The van der Waals surface area contributed by atoms with Crippen molar-refractivity contribution in [1.82, 2.24) is 15.2 Å². The number of rotatable bonds is 2. The highest BCUT2D eigenvalue weighted by molar-refractivity contribution is 5.99. The molecule has 3 heterocycles. The summed E-state index contributed by atoms with van der Waals surface area (Å²) in [5.41, 5.74) is 6.48. The van der Waals surface area contributed by atoms with E-state index >= 15 is 0 Å². The van der Waals surface area contributed by atoms with Crippen molar-refractivity contribution in [3.8, 4) is 0 Å². The summed E-state index contributed by atoms with van der Waals surface area (Å²) in [5.74, 6) is 0.00101. The molecule has 2 N–H and O–H groups in total. The Hall–Kier alpha value is -3.08. The maximum absolute atomic E-state index is 13.0. The van der Waals surface area contributed by atoms with Crippen LogP contribution in [-0.4, -0.2) is 28.2 Å². The van der Waals surface area contributed by atoms with Crippen molar-refractivity contribution in [2.45, 2.75) is 32.4 Å². The zero-order valence-electron chi connectivity index (χ0n) is 15.2. The Morgan fingerprint density at radius 3 is 2.93 bits per heavy atom. The number of amides is 2. The van der Waals surface area contributed by atoms with Gasteiger partial charge in [-0.3, -0.25) is 9.59 Å². The van der Waals surface area contributed by atoms with Gasteiger partial charge in [0.05, 0.1) is 12.5 Å². The van der Waals surface area contributed by atoms with E-state index < -0.39 is 0 Å². The number of hydrogen-bond acceptors (Lipinski definition) is 2. The van der Waals surface area contributed by atoms with Gasteiger partial charge >= 0.3 is 0 Å². The van der Waals surface area contributed by atoms with Gasteiger partial charge in [-0.15, -0.1) is 0 Å². The number of fused-ring (bicyclic) bond motifs is 4. The van der Waals surface area contributed by atoms with Crippen LogP contribution in [-0.2, 0) is 17.8 Å². The Kier molecular flexibility index (Phi) is 3.57. The van der Waals surface area contributed by atoms with Crippen LogP contribution in [0.5, 0.6) is 0 Å². The van der Waals surface area contributed by atoms with E-state index in [-0.39, 0.29) is 17.9 Å². The number of hydrogen-bond donors (Lipinski definition) is 2. The van der Waals surface area contributed by atoms with Crippen LogP contribution < -0.4 is 5.32 Å². The molecule has 5 nitrogen and oxygen atoms in total. The van der Waals surface area contributed by atoms with Gasteiger partial charge in [0, 0.05) is 47.2 Å². The zero-order valence-corrected chi connectivity index (χ0v) is 15.2. The van der Waals surface area contributed by atoms with Gasteiger partial charge in [0.15, 0.2) is 0 Å². The highest BCUT2D eigenvalue weighted by atomic mass is 16.2. The molecule has 0 spiro atoms. The Labute approximate surface area is 157 Å². The van der Waals surface area contributed by atoms with E-state index in [1.54, 1.807) is 0 Å². The molecule has 3 aromatic rings. The zero-order chi connectivity index (χ0) is 18.5. The molecule has 2 aliphatic heterocycles. The lowest BCUT2D eigenvalue weighted by molar-refractivity contribution is -0.132. The fourth-order valence-electron chi connectivity index (χ4n) is 4.38. The average molecular weight is 359 g/mol. The number of nitrogens with one attached hydrogen (secondary N) is 2. The standard InChI is InChI=1S/C22H21N3O2/c1-13-5-4-8-15-17-12-25(10-9-18(17)23-21(13)15)20(26)11-19-14-6-2-3-7-16(14)22(27)24-19/h2-8,19,23H,9-12H2,1H3,(H,24,27)/t19-/m1/s1. The van der Waals surface area contributed by atoms with Crippen molar-refractivity contribution >= 4 is 22.7 Å². The van der Waals surface area contributed by atoms with Crippen LogP contribution >= 0.6 is 0 Å². The summed E-state index contributed by atoms with van der Waals surface area (Å²) in [7, 11) is 0. The normalized spacial score (nSPS) is 18.3. The van der Waals surface area contributed by atoms with Crippen LogP contribution in [0, 0.1) is 6.92 Å². The minimum Gasteiger partial charge on any atom is -0.358 e. The van der Waals surface area contributed by atoms with E-state index in [2.05, 4.69) is 35.4 Å². The minimum absolute atomic E-state index is 0.0866. The summed E-state index contributed by atoms with van der Waals surface area (Å²) in [5, 5.41) is 4.16. The first kappa shape index (κ1) is 16.1. The molecule has 1 atom stereocenters. The largest absolute Gasteiger partial charge is 0.358 e. The van der Waals surface area contributed by atoms with E-state index in [1.807, 2.05) is 29.2 Å². The van der Waals surface area contributed by atoms with E-state index in [4.69, 9.17) is 0 Å². The lowest BCUT2D eigenvalue weighted by atomic mass is 10.00. The number of carbonyl (C=O) groups is 2. The van der Waals surface area contributed by atoms with Crippen LogP contribution in [0.15, 0.2) is 42.5 Å². The summed E-state index contributed by atoms with van der Waals surface area (Å²) in [6.45, 7) is 3.44. The van der Waals surface area contributed by atoms with Gasteiger partial charge in [0.1, 0.15) is 0 Å². The van der Waals surface area contributed by atoms with Gasteiger partial charge < -0.3 is 15.2 Å². The van der Waals surface area contributed by atoms with Crippen molar-refractivity contribution in [2.24, 2.45) is 0 Å². The number of aromatic amines is 1. The number of H-pyrrole nitrogens is 1. The Balaban J connectivity index is 1.38. The maximum atomic E-state index is 13.0. The molecular formula is C22H21N3O2. The van der Waals surface area contributed by atoms with Crippen molar-refractivity contribution in [3.63, 3.8) is 0 Å². The summed E-state index contributed by atoms with van der Waals surface area (Å²) < 4.78 is 0. The van der Waals surface area contributed by atoms with Gasteiger partial charge in [-0.1, -0.05) is 36.4 Å². The number of aryl methyl sites for hydroxylation is 1. The third kappa shape index (κ3) is 2.53. The third-order valence-electron chi connectivity index (χ3n) is 5.84. The van der Waals surface area contributed by atoms with E-state index in [1.165, 1.54) is 27.7 Å². The Morgan fingerprint density at radius 2 is 2.04 bits per heavy atom. The Bertz CT molecular complexity index is 1080. The first-order valence-electron chi connectivity index (χ1n) is 9.38. The molecule has 5 heteroatoms. The molecule has 0 saturated heterocycles. The van der Waals surface area contributed by atoms with Crippen molar-refractivity contribution in [3.05, 3.63) is 70.4 Å². The molecule has 0 saturated carbocycles. The average Bonchev–Trinajstić information content (AvgIpc) is 3.21. The highest BCUT2D eigenvalue weighted by Gasteiger charge is 2.32. The van der Waals surface area contributed by atoms with Gasteiger partial charge in [0.2, 0.25) is 5.91 Å². The fraction of sp³-hybridized carbons (Fsp3) is 0.273. The topological polar surface area (TPSA) is 65.2 Å². The van der Waals surface area contributed by atoms with Crippen LogP contribution in [0.25, 0.3) is 10.9 Å². The predicted molar refractivity (Wildman–Crippen MR) is 103 cm³/mol. The molecule has 0 radical (unpaired) electrons. The van der Waals surface area contributed by atoms with E-state index in [0.717, 1.165) is 12.0 Å². The molecule has 2 amide bonds. The van der Waals surface area contributed by atoms with E-state index in [0.29, 0.717) is 25.1 Å². The lowest BCUT2D eigenvalue weighted by Crippen LogP contribution is -2.37. The highest BCUT2D eigenvalue weighted by Crippen LogP contribution is 2.32. The van der Waals surface area contributed by atoms with Crippen LogP contribution in [0.4, 0.5) is 0 Å². The summed E-state index contributed by atoms with van der Waals surface area (Å²) in [4.78, 5) is 30.5. The fourth-order valence-corrected chi connectivity index (χ4v) is 4.38. The van der Waals surface area contributed by atoms with Gasteiger partial charge in [-0.2, -0.15) is 0 Å². The second kappa shape index (κ2) is 5.98. The monoisotopic (exact) mass is 359 g/mol. The first-order chi connectivity index (χ1) is 13.1. The Morgan fingerprint density at radius 1 is 1.19 bits per heavy atom. The molecule has 27 heavy (non-hydrogen) atoms.